The molecule has 1 saturated heterocycles. The predicted molar refractivity (Wildman–Crippen MR) is 101 cm³/mol. The van der Waals surface area contributed by atoms with E-state index in [1.54, 1.807) is 7.05 Å². The molecule has 1 aliphatic heterocycles. The summed E-state index contributed by atoms with van der Waals surface area (Å²) in [6.45, 7) is 3.41. The van der Waals surface area contributed by atoms with Gasteiger partial charge in [-0.1, -0.05) is 18.2 Å². The van der Waals surface area contributed by atoms with Crippen molar-refractivity contribution in [1.82, 2.24) is 10.2 Å². The first-order valence-corrected chi connectivity index (χ1v) is 9.11. The molecular weight excluding hydrogens is 316 g/mol. The van der Waals surface area contributed by atoms with Gasteiger partial charge < -0.3 is 20.7 Å². The zero-order valence-electron chi connectivity index (χ0n) is 15.1. The minimum absolute atomic E-state index is 0.215. The van der Waals surface area contributed by atoms with Crippen LogP contribution in [0.5, 0.6) is 5.75 Å². The van der Waals surface area contributed by atoms with Gasteiger partial charge in [0.2, 0.25) is 5.91 Å². The number of benzene rings is 1. The molecule has 0 aromatic heterocycles. The zero-order chi connectivity index (χ0) is 17.9. The Labute approximate surface area is 150 Å². The van der Waals surface area contributed by atoms with Crippen molar-refractivity contribution in [1.29, 1.82) is 0 Å². The maximum atomic E-state index is 11.1. The highest BCUT2D eigenvalue weighted by Gasteiger charge is 2.23. The summed E-state index contributed by atoms with van der Waals surface area (Å²) in [6, 6.07) is 9.88. The van der Waals surface area contributed by atoms with E-state index in [9.17, 15) is 4.79 Å². The van der Waals surface area contributed by atoms with E-state index in [0.29, 0.717) is 18.9 Å². The Bertz CT molecular complexity index is 548. The van der Waals surface area contributed by atoms with E-state index in [1.807, 2.05) is 30.3 Å². The molecule has 0 spiro atoms. The van der Waals surface area contributed by atoms with Crippen LogP contribution in [-0.2, 0) is 4.79 Å². The molecule has 0 saturated carbocycles. The average Bonchev–Trinajstić information content (AvgIpc) is 2.62. The standard InChI is InChI=1S/C19H30N4O2/c1-21-19(23-12-7-8-16(15-23)14-18(20)24)22-11-5-6-13-25-17-9-3-2-4-10-17/h2-4,9-10,16H,5-8,11-15H2,1H3,(H2,20,24)(H,21,22). The fourth-order valence-electron chi connectivity index (χ4n) is 3.17. The van der Waals surface area contributed by atoms with Crippen molar-refractivity contribution in [2.75, 3.05) is 33.3 Å². The molecule has 1 unspecified atom stereocenters. The van der Waals surface area contributed by atoms with Crippen LogP contribution in [0.25, 0.3) is 0 Å². The number of nitrogens with two attached hydrogens (primary N) is 1. The van der Waals surface area contributed by atoms with E-state index in [0.717, 1.165) is 57.0 Å². The van der Waals surface area contributed by atoms with Gasteiger partial charge >= 0.3 is 0 Å². The van der Waals surface area contributed by atoms with Gasteiger partial charge in [-0.2, -0.15) is 0 Å². The summed E-state index contributed by atoms with van der Waals surface area (Å²) in [4.78, 5) is 17.7. The van der Waals surface area contributed by atoms with Crippen LogP contribution in [0.1, 0.15) is 32.1 Å². The van der Waals surface area contributed by atoms with Crippen LogP contribution in [-0.4, -0.2) is 50.1 Å². The Balaban J connectivity index is 1.63. The SMILES string of the molecule is CN=C(NCCCCOc1ccccc1)N1CCCC(CC(N)=O)C1. The zero-order valence-corrected chi connectivity index (χ0v) is 15.1. The molecular formula is C19H30N4O2. The maximum Gasteiger partial charge on any atom is 0.217 e. The number of nitrogens with one attached hydrogen (secondary N) is 1. The fraction of sp³-hybridized carbons (Fsp3) is 0.579. The highest BCUT2D eigenvalue weighted by atomic mass is 16.5. The Morgan fingerprint density at radius 3 is 2.88 bits per heavy atom. The number of guanidine groups is 1. The Morgan fingerprint density at radius 2 is 2.16 bits per heavy atom. The number of hydrogen-bond acceptors (Lipinski definition) is 3. The second-order valence-electron chi connectivity index (χ2n) is 6.47. The summed E-state index contributed by atoms with van der Waals surface area (Å²) in [5, 5.41) is 3.42. The Hall–Kier alpha value is -2.24. The van der Waals surface area contributed by atoms with Gasteiger partial charge in [0.05, 0.1) is 6.61 Å². The van der Waals surface area contributed by atoms with Crippen LogP contribution in [0.15, 0.2) is 35.3 Å². The highest BCUT2D eigenvalue weighted by molar-refractivity contribution is 5.80. The molecule has 0 bridgehead atoms. The smallest absolute Gasteiger partial charge is 0.217 e. The van der Waals surface area contributed by atoms with Crippen LogP contribution in [0, 0.1) is 5.92 Å². The van der Waals surface area contributed by atoms with Crippen molar-refractivity contribution in [3.63, 3.8) is 0 Å². The molecule has 0 radical (unpaired) electrons. The van der Waals surface area contributed by atoms with E-state index in [1.165, 1.54) is 0 Å². The molecule has 2 rings (SSSR count). The topological polar surface area (TPSA) is 80.0 Å². The molecule has 6 heteroatoms. The predicted octanol–water partition coefficient (Wildman–Crippen LogP) is 2.01. The molecule has 0 aliphatic carbocycles. The number of amides is 1. The monoisotopic (exact) mass is 346 g/mol. The van der Waals surface area contributed by atoms with Gasteiger partial charge in [-0.3, -0.25) is 9.79 Å². The number of piperidine rings is 1. The third kappa shape index (κ3) is 7.03. The lowest BCUT2D eigenvalue weighted by Gasteiger charge is -2.34. The molecule has 1 aliphatic rings. The van der Waals surface area contributed by atoms with Crippen molar-refractivity contribution in [2.24, 2.45) is 16.6 Å². The molecule has 6 nitrogen and oxygen atoms in total. The number of ether oxygens (including phenoxy) is 1. The molecule has 1 atom stereocenters. The first-order valence-electron chi connectivity index (χ1n) is 9.11. The van der Waals surface area contributed by atoms with E-state index < -0.39 is 0 Å². The van der Waals surface area contributed by atoms with Crippen LogP contribution in [0.2, 0.25) is 0 Å². The summed E-state index contributed by atoms with van der Waals surface area (Å²) < 4.78 is 5.69. The Morgan fingerprint density at radius 1 is 1.36 bits per heavy atom. The van der Waals surface area contributed by atoms with Crippen LogP contribution in [0.3, 0.4) is 0 Å². The third-order valence-corrected chi connectivity index (χ3v) is 4.39. The number of hydrogen-bond donors (Lipinski definition) is 2. The third-order valence-electron chi connectivity index (χ3n) is 4.39. The summed E-state index contributed by atoms with van der Waals surface area (Å²) in [6.07, 6.45) is 4.61. The number of likely N-dealkylation sites (tertiary alicyclic amines) is 1. The molecule has 1 fully saturated rings. The van der Waals surface area contributed by atoms with Crippen molar-refractivity contribution < 1.29 is 9.53 Å². The summed E-state index contributed by atoms with van der Waals surface area (Å²) >= 11 is 0. The van der Waals surface area contributed by atoms with Gasteiger partial charge in [-0.25, -0.2) is 0 Å². The summed E-state index contributed by atoms with van der Waals surface area (Å²) in [5.74, 6) is 1.95. The van der Waals surface area contributed by atoms with Crippen molar-refractivity contribution in [3.8, 4) is 5.75 Å². The second kappa shape index (κ2) is 10.6. The van der Waals surface area contributed by atoms with Crippen molar-refractivity contribution in [3.05, 3.63) is 30.3 Å². The van der Waals surface area contributed by atoms with Gasteiger partial charge in [0, 0.05) is 33.1 Å². The summed E-state index contributed by atoms with van der Waals surface area (Å²) in [7, 11) is 1.80. The number of para-hydroxylation sites is 1. The lowest BCUT2D eigenvalue weighted by molar-refractivity contribution is -0.119. The number of primary amides is 1. The Kier molecular flexibility index (Phi) is 8.09. The molecule has 3 N–H and O–H groups in total. The van der Waals surface area contributed by atoms with Gasteiger partial charge in [0.15, 0.2) is 5.96 Å². The fourth-order valence-corrected chi connectivity index (χ4v) is 3.17. The largest absolute Gasteiger partial charge is 0.494 e. The average molecular weight is 346 g/mol. The minimum Gasteiger partial charge on any atom is -0.494 e. The van der Waals surface area contributed by atoms with Crippen molar-refractivity contribution in [2.45, 2.75) is 32.1 Å². The normalized spacial score (nSPS) is 18.0. The lowest BCUT2D eigenvalue weighted by atomic mass is 9.95. The lowest BCUT2D eigenvalue weighted by Crippen LogP contribution is -2.47. The quantitative estimate of drug-likeness (QED) is 0.429. The molecule has 1 heterocycles. The summed E-state index contributed by atoms with van der Waals surface area (Å²) in [5.41, 5.74) is 5.33. The first kappa shape index (κ1) is 19.1. The van der Waals surface area contributed by atoms with Crippen LogP contribution >= 0.6 is 0 Å². The van der Waals surface area contributed by atoms with E-state index in [2.05, 4.69) is 15.2 Å². The number of carbonyl (C=O) groups is 1. The first-order chi connectivity index (χ1) is 12.2. The molecule has 25 heavy (non-hydrogen) atoms. The number of aliphatic imine (C=N–C) groups is 1. The van der Waals surface area contributed by atoms with E-state index in [4.69, 9.17) is 10.5 Å². The van der Waals surface area contributed by atoms with Gasteiger partial charge in [-0.15, -0.1) is 0 Å². The molecule has 1 aromatic rings. The maximum absolute atomic E-state index is 11.1. The number of unbranched alkanes of at least 4 members (excludes halogenated alkanes) is 1. The van der Waals surface area contributed by atoms with Gasteiger partial charge in [0.25, 0.3) is 0 Å². The number of rotatable bonds is 8. The molecule has 138 valence electrons. The molecule has 1 aromatic carbocycles. The minimum atomic E-state index is -0.215. The molecule has 1 amide bonds. The van der Waals surface area contributed by atoms with Crippen molar-refractivity contribution >= 4 is 11.9 Å². The van der Waals surface area contributed by atoms with E-state index in [-0.39, 0.29) is 5.91 Å². The number of nitrogens with zero attached hydrogens (tertiary/aromatic N) is 2. The number of carbonyl (C=O) groups excluding carboxylic acids is 1. The van der Waals surface area contributed by atoms with E-state index >= 15 is 0 Å². The second-order valence-corrected chi connectivity index (χ2v) is 6.47. The van der Waals surface area contributed by atoms with Crippen LogP contribution in [0.4, 0.5) is 0 Å². The highest BCUT2D eigenvalue weighted by Crippen LogP contribution is 2.19. The van der Waals surface area contributed by atoms with Gasteiger partial charge in [-0.05, 0) is 43.7 Å². The van der Waals surface area contributed by atoms with Gasteiger partial charge in [0.1, 0.15) is 5.75 Å². The van der Waals surface area contributed by atoms with Crippen LogP contribution < -0.4 is 15.8 Å².